The van der Waals surface area contributed by atoms with Crippen LogP contribution in [0, 0.1) is 0 Å². The molecule has 0 saturated carbocycles. The number of phenols is 2. The monoisotopic (exact) mass is 280 g/mol. The summed E-state index contributed by atoms with van der Waals surface area (Å²) in [4.78, 5) is 0.509. The van der Waals surface area contributed by atoms with Gasteiger partial charge < -0.3 is 21.9 Å². The van der Waals surface area contributed by atoms with E-state index in [1.54, 1.807) is 12.1 Å². The third-order valence-electron chi connectivity index (χ3n) is 1.07. The minimum atomic E-state index is -0.137. The van der Waals surface area contributed by atoms with Gasteiger partial charge in [0, 0.05) is 4.90 Å². The van der Waals surface area contributed by atoms with E-state index in [2.05, 4.69) is 11.7 Å². The molecule has 0 heterocycles. The van der Waals surface area contributed by atoms with Crippen LogP contribution in [0.1, 0.15) is 0 Å². The van der Waals surface area contributed by atoms with E-state index in [1.165, 1.54) is 6.07 Å². The van der Waals surface area contributed by atoms with Crippen LogP contribution < -0.4 is 0 Å². The molecule has 1 aromatic rings. The molecular weight excluding hydrogens is 276 g/mol. The number of benzene rings is 1. The average molecular weight is 281 g/mol. The third-order valence-corrected chi connectivity index (χ3v) is 2.12. The molecule has 0 fully saturated rings. The molecule has 1 rings (SSSR count). The Balaban J connectivity index is 0.000001000. The van der Waals surface area contributed by atoms with E-state index in [4.69, 9.17) is 10.2 Å². The molecule has 0 aromatic heterocycles. The van der Waals surface area contributed by atoms with Crippen molar-refractivity contribution in [3.63, 3.8) is 0 Å². The van der Waals surface area contributed by atoms with Gasteiger partial charge in [-0.1, -0.05) is 6.07 Å². The van der Waals surface area contributed by atoms with E-state index in [9.17, 15) is 0 Å². The number of phenolic OH excluding ortho intramolecular Hbond substituents is 2. The molecule has 2 nitrogen and oxygen atoms in total. The maximum atomic E-state index is 9.06. The van der Waals surface area contributed by atoms with Gasteiger partial charge in [0.25, 0.3) is 0 Å². The van der Waals surface area contributed by atoms with Crippen LogP contribution in [-0.2, 0) is 34.0 Å². The zero-order valence-corrected chi connectivity index (χ0v) is 8.36. The molecule has 1 aromatic carbocycles. The summed E-state index contributed by atoms with van der Waals surface area (Å²) in [7, 11) is 0.983. The Morgan fingerprint density at radius 3 is 2.36 bits per heavy atom. The predicted octanol–water partition coefficient (Wildman–Crippen LogP) is 1.65. The van der Waals surface area contributed by atoms with Gasteiger partial charge in [-0.05, 0) is 12.1 Å². The van der Waals surface area contributed by atoms with E-state index in [0.717, 1.165) is 10.8 Å². The zero-order valence-electron chi connectivity index (χ0n) is 5.24. The van der Waals surface area contributed by atoms with Crippen molar-refractivity contribution >= 4 is 22.5 Å². The maximum absolute atomic E-state index is 9.06. The molecule has 0 spiro atoms. The van der Waals surface area contributed by atoms with Gasteiger partial charge in [-0.25, -0.2) is 0 Å². The number of rotatable bonds is 1. The summed E-state index contributed by atoms with van der Waals surface area (Å²) >= 11 is 4.61. The molecule has 0 atom stereocenters. The van der Waals surface area contributed by atoms with Crippen molar-refractivity contribution < 1.29 is 32.6 Å². The minimum absolute atomic E-state index is 0. The topological polar surface area (TPSA) is 40.5 Å². The van der Waals surface area contributed by atoms with Crippen molar-refractivity contribution in [2.24, 2.45) is 0 Å². The molecular formula is C6H5AgO2S2. The van der Waals surface area contributed by atoms with E-state index < -0.39 is 0 Å². The molecule has 0 amide bonds. The molecule has 0 aliphatic carbocycles. The Kier molecular flexibility index (Phi) is 5.12. The Labute approximate surface area is 89.3 Å². The zero-order chi connectivity index (χ0) is 7.56. The Morgan fingerprint density at radius 2 is 1.91 bits per heavy atom. The molecule has 0 unspecified atom stereocenters. The van der Waals surface area contributed by atoms with Crippen LogP contribution >= 0.6 is 10.8 Å². The van der Waals surface area contributed by atoms with Crippen molar-refractivity contribution in [3.05, 3.63) is 18.2 Å². The first kappa shape index (κ1) is 11.3. The second-order valence-electron chi connectivity index (χ2n) is 1.71. The van der Waals surface area contributed by atoms with Crippen LogP contribution in [-0.4, -0.2) is 10.2 Å². The van der Waals surface area contributed by atoms with Gasteiger partial charge in [0.1, 0.15) is 0 Å². The van der Waals surface area contributed by atoms with Crippen LogP contribution in [0.3, 0.4) is 0 Å². The van der Waals surface area contributed by atoms with E-state index in [1.807, 2.05) is 0 Å². The van der Waals surface area contributed by atoms with Gasteiger partial charge >= 0.3 is 22.4 Å². The van der Waals surface area contributed by atoms with Gasteiger partial charge in [0.2, 0.25) is 0 Å². The average Bonchev–Trinajstić information content (AvgIpc) is 1.95. The quantitative estimate of drug-likeness (QED) is 0.355. The van der Waals surface area contributed by atoms with E-state index in [-0.39, 0.29) is 33.9 Å². The van der Waals surface area contributed by atoms with Crippen LogP contribution in [0.15, 0.2) is 23.1 Å². The van der Waals surface area contributed by atoms with Gasteiger partial charge in [-0.3, -0.25) is 10.8 Å². The molecule has 0 aliphatic heterocycles. The molecule has 64 valence electrons. The molecule has 5 heteroatoms. The van der Waals surface area contributed by atoms with Gasteiger partial charge in [0.15, 0.2) is 11.5 Å². The predicted molar refractivity (Wildman–Crippen MR) is 43.0 cm³/mol. The van der Waals surface area contributed by atoms with Crippen molar-refractivity contribution in [1.29, 1.82) is 0 Å². The van der Waals surface area contributed by atoms with E-state index >= 15 is 0 Å². The smallest absolute Gasteiger partial charge is 0.714 e. The van der Waals surface area contributed by atoms with E-state index in [0.29, 0.717) is 4.90 Å². The first-order chi connectivity index (χ1) is 4.75. The first-order valence-corrected chi connectivity index (χ1v) is 4.30. The summed E-state index contributed by atoms with van der Waals surface area (Å²) in [6.07, 6.45) is 0. The van der Waals surface area contributed by atoms with Crippen LogP contribution in [0.5, 0.6) is 11.5 Å². The largest absolute Gasteiger partial charge is 1.00 e. The Hall–Kier alpha value is 0.260. The van der Waals surface area contributed by atoms with Crippen molar-refractivity contribution in [3.8, 4) is 11.5 Å². The van der Waals surface area contributed by atoms with Crippen LogP contribution in [0.2, 0.25) is 0 Å². The van der Waals surface area contributed by atoms with Crippen molar-refractivity contribution in [1.82, 2.24) is 0 Å². The standard InChI is InChI=1S/C6H6O2S2.Ag/c7-4-2-1-3-5(10-9)6(4)8;/h1-3,7-9H;/q;+1/p-1. The SMILES string of the molecule is Oc1cccc(S[S-])c1O.[Ag+]. The second-order valence-corrected chi connectivity index (χ2v) is 2.81. The van der Waals surface area contributed by atoms with Gasteiger partial charge in [0.05, 0.1) is 0 Å². The maximum Gasteiger partial charge on any atom is 1.00 e. The normalized spacial score (nSPS) is 8.82. The summed E-state index contributed by atoms with van der Waals surface area (Å²) in [6.45, 7) is 0. The number of para-hydroxylation sites is 1. The summed E-state index contributed by atoms with van der Waals surface area (Å²) < 4.78 is 0. The van der Waals surface area contributed by atoms with Gasteiger partial charge in [-0.15, -0.1) is 0 Å². The molecule has 0 radical (unpaired) electrons. The fraction of sp³-hybridized carbons (Fsp3) is 0. The summed E-state index contributed by atoms with van der Waals surface area (Å²) in [6, 6.07) is 4.68. The Morgan fingerprint density at radius 1 is 1.27 bits per heavy atom. The fourth-order valence-corrected chi connectivity index (χ4v) is 1.30. The first-order valence-electron chi connectivity index (χ1n) is 2.56. The molecule has 11 heavy (non-hydrogen) atoms. The molecule has 2 N–H and O–H groups in total. The number of aromatic hydroxyl groups is 2. The fourth-order valence-electron chi connectivity index (χ4n) is 0.578. The molecule has 0 bridgehead atoms. The summed E-state index contributed by atoms with van der Waals surface area (Å²) in [5, 5.41) is 18.0. The minimum Gasteiger partial charge on any atom is -0.714 e. The summed E-state index contributed by atoms with van der Waals surface area (Å²) in [5.74, 6) is -0.266. The number of hydrogen-bond acceptors (Lipinski definition) is 4. The molecule has 0 aliphatic rings. The second kappa shape index (κ2) is 5.00. The molecule has 0 saturated heterocycles. The third kappa shape index (κ3) is 2.65. The van der Waals surface area contributed by atoms with Crippen molar-refractivity contribution in [2.75, 3.05) is 0 Å². The van der Waals surface area contributed by atoms with Gasteiger partial charge in [-0.2, -0.15) is 0 Å². The Bertz CT molecular complexity index is 242. The number of hydrogen-bond donors (Lipinski definition) is 2. The van der Waals surface area contributed by atoms with Crippen LogP contribution in [0.4, 0.5) is 0 Å². The summed E-state index contributed by atoms with van der Waals surface area (Å²) in [5.41, 5.74) is 0. The van der Waals surface area contributed by atoms with Crippen LogP contribution in [0.25, 0.3) is 0 Å². The van der Waals surface area contributed by atoms with Crippen molar-refractivity contribution in [2.45, 2.75) is 4.90 Å².